The molecular formula is C22H31N5O2. The van der Waals surface area contributed by atoms with Crippen LogP contribution >= 0.6 is 0 Å². The first-order valence-corrected chi connectivity index (χ1v) is 11.1. The summed E-state index contributed by atoms with van der Waals surface area (Å²) in [5.74, 6) is 0.960. The Kier molecular flexibility index (Phi) is 5.18. The van der Waals surface area contributed by atoms with Crippen LogP contribution in [-0.4, -0.2) is 82.2 Å². The highest BCUT2D eigenvalue weighted by Gasteiger charge is 2.27. The number of carbonyl (C=O) groups is 1. The fourth-order valence-electron chi connectivity index (χ4n) is 5.20. The number of β-amino-alcohol motifs (C(OH)–C–C–N with tert-alkyl or cyclic N) is 1. The van der Waals surface area contributed by atoms with Crippen molar-refractivity contribution < 1.29 is 9.90 Å². The molecule has 156 valence electrons. The van der Waals surface area contributed by atoms with Crippen LogP contribution in [-0.2, 0) is 0 Å². The summed E-state index contributed by atoms with van der Waals surface area (Å²) < 4.78 is 0. The highest BCUT2D eigenvalue weighted by molar-refractivity contribution is 5.98. The first-order chi connectivity index (χ1) is 14.2. The van der Waals surface area contributed by atoms with Crippen LogP contribution in [0.25, 0.3) is 10.9 Å². The number of H-pyrrole nitrogens is 1. The van der Waals surface area contributed by atoms with E-state index >= 15 is 0 Å². The van der Waals surface area contributed by atoms with Gasteiger partial charge in [0.25, 0.3) is 5.91 Å². The van der Waals surface area contributed by atoms with Crippen molar-refractivity contribution in [3.05, 3.63) is 24.0 Å². The maximum atomic E-state index is 12.8. The van der Waals surface area contributed by atoms with Crippen LogP contribution in [0.5, 0.6) is 0 Å². The van der Waals surface area contributed by atoms with E-state index in [1.807, 2.05) is 12.3 Å². The van der Waals surface area contributed by atoms with Crippen LogP contribution in [0, 0.1) is 0 Å². The van der Waals surface area contributed by atoms with Crippen molar-refractivity contribution in [2.75, 3.05) is 44.2 Å². The topological polar surface area (TPSA) is 75.7 Å². The number of anilines is 1. The number of piperidine rings is 1. The lowest BCUT2D eigenvalue weighted by Crippen LogP contribution is -2.49. The molecule has 0 spiro atoms. The summed E-state index contributed by atoms with van der Waals surface area (Å²) in [7, 11) is 0. The van der Waals surface area contributed by atoms with Crippen molar-refractivity contribution in [1.29, 1.82) is 0 Å². The minimum atomic E-state index is -0.409. The number of hydrogen-bond acceptors (Lipinski definition) is 5. The number of nitrogens with zero attached hydrogens (tertiary/aromatic N) is 4. The Labute approximate surface area is 171 Å². The molecule has 2 aromatic heterocycles. The van der Waals surface area contributed by atoms with Crippen molar-refractivity contribution in [1.82, 2.24) is 19.8 Å². The van der Waals surface area contributed by atoms with Gasteiger partial charge in [-0.1, -0.05) is 12.8 Å². The lowest BCUT2D eigenvalue weighted by atomic mass is 10.1. The number of fused-ring (bicyclic) bond motifs is 1. The number of amides is 1. The van der Waals surface area contributed by atoms with Crippen LogP contribution in [0.2, 0.25) is 0 Å². The Morgan fingerprint density at radius 3 is 2.59 bits per heavy atom. The number of piperazine rings is 1. The molecule has 0 radical (unpaired) electrons. The smallest absolute Gasteiger partial charge is 0.270 e. The highest BCUT2D eigenvalue weighted by atomic mass is 16.3. The van der Waals surface area contributed by atoms with Gasteiger partial charge in [-0.3, -0.25) is 9.69 Å². The summed E-state index contributed by atoms with van der Waals surface area (Å²) in [6.45, 7) is 5.37. The van der Waals surface area contributed by atoms with Crippen LogP contribution in [0.3, 0.4) is 0 Å². The zero-order chi connectivity index (χ0) is 19.8. The van der Waals surface area contributed by atoms with E-state index in [2.05, 4.69) is 25.8 Å². The number of pyridine rings is 1. The minimum absolute atomic E-state index is 0.0355. The Morgan fingerprint density at radius 1 is 1.03 bits per heavy atom. The number of aliphatic hydroxyl groups is 1. The predicted molar refractivity (Wildman–Crippen MR) is 113 cm³/mol. The van der Waals surface area contributed by atoms with Gasteiger partial charge in [0.15, 0.2) is 0 Å². The lowest BCUT2D eigenvalue weighted by molar-refractivity contribution is 0.0470. The van der Waals surface area contributed by atoms with Gasteiger partial charge in [0.2, 0.25) is 0 Å². The fourth-order valence-corrected chi connectivity index (χ4v) is 5.20. The molecule has 2 aliphatic heterocycles. The fraction of sp³-hybridized carbons (Fsp3) is 0.636. The van der Waals surface area contributed by atoms with E-state index in [-0.39, 0.29) is 5.91 Å². The number of nitrogens with one attached hydrogen (secondary N) is 1. The zero-order valence-corrected chi connectivity index (χ0v) is 17.0. The number of likely N-dealkylation sites (tertiary alicyclic amines) is 1. The number of carbonyl (C=O) groups excluding carboxylic acids is 1. The molecule has 29 heavy (non-hydrogen) atoms. The van der Waals surface area contributed by atoms with E-state index in [1.165, 1.54) is 25.7 Å². The molecule has 1 unspecified atom stereocenters. The minimum Gasteiger partial charge on any atom is -0.391 e. The van der Waals surface area contributed by atoms with Gasteiger partial charge in [-0.25, -0.2) is 4.98 Å². The molecule has 3 aliphatic rings. The average Bonchev–Trinajstić information content (AvgIpc) is 3.43. The molecule has 2 N–H and O–H groups in total. The van der Waals surface area contributed by atoms with E-state index in [1.54, 1.807) is 4.90 Å². The number of aromatic nitrogens is 2. The van der Waals surface area contributed by atoms with Crippen LogP contribution in [0.1, 0.15) is 49.0 Å². The number of rotatable bonds is 3. The van der Waals surface area contributed by atoms with Gasteiger partial charge >= 0.3 is 0 Å². The molecule has 2 saturated heterocycles. The maximum Gasteiger partial charge on any atom is 0.270 e. The van der Waals surface area contributed by atoms with Crippen molar-refractivity contribution in [2.45, 2.75) is 50.7 Å². The molecule has 1 atom stereocenters. The first kappa shape index (κ1) is 18.9. The van der Waals surface area contributed by atoms with Crippen LogP contribution in [0.4, 0.5) is 5.82 Å². The molecule has 1 aliphatic carbocycles. The SMILES string of the molecule is O=C(c1cc2cc(N3CCN(C4CCCC4)CC3)ncc2[nH]1)N1CCCC(O)C1. The van der Waals surface area contributed by atoms with Gasteiger partial charge in [-0.2, -0.15) is 0 Å². The quantitative estimate of drug-likeness (QED) is 0.831. The Hall–Kier alpha value is -2.12. The highest BCUT2D eigenvalue weighted by Crippen LogP contribution is 2.26. The van der Waals surface area contributed by atoms with E-state index in [4.69, 9.17) is 0 Å². The summed E-state index contributed by atoms with van der Waals surface area (Å²) in [4.78, 5) is 27.5. The molecule has 0 aromatic carbocycles. The third-order valence-corrected chi connectivity index (χ3v) is 6.88. The first-order valence-electron chi connectivity index (χ1n) is 11.1. The van der Waals surface area contributed by atoms with E-state index in [0.29, 0.717) is 18.8 Å². The molecule has 7 heteroatoms. The number of aromatic amines is 1. The number of aliphatic hydroxyl groups excluding tert-OH is 1. The second-order valence-corrected chi connectivity index (χ2v) is 8.82. The third kappa shape index (κ3) is 3.85. The van der Waals surface area contributed by atoms with Gasteiger partial charge in [0, 0.05) is 50.7 Å². The standard InChI is InChI=1S/C22H31N5O2/c28-18-6-3-7-27(15-18)22(29)19-12-16-13-21(23-14-20(16)24-19)26-10-8-25(9-11-26)17-4-1-2-5-17/h12-14,17-18,24,28H,1-11,15H2. The molecule has 7 nitrogen and oxygen atoms in total. The summed E-state index contributed by atoms with van der Waals surface area (Å²) in [6.07, 6.45) is 8.55. The lowest BCUT2D eigenvalue weighted by Gasteiger charge is -2.38. The second-order valence-electron chi connectivity index (χ2n) is 8.82. The van der Waals surface area contributed by atoms with Gasteiger partial charge in [0.05, 0.1) is 17.8 Å². The summed E-state index contributed by atoms with van der Waals surface area (Å²) in [6, 6.07) is 4.82. The van der Waals surface area contributed by atoms with Gasteiger partial charge in [0.1, 0.15) is 11.5 Å². The summed E-state index contributed by atoms with van der Waals surface area (Å²) >= 11 is 0. The zero-order valence-electron chi connectivity index (χ0n) is 17.0. The second kappa shape index (κ2) is 7.95. The summed E-state index contributed by atoms with van der Waals surface area (Å²) in [5.41, 5.74) is 1.47. The average molecular weight is 398 g/mol. The van der Waals surface area contributed by atoms with E-state index < -0.39 is 6.10 Å². The van der Waals surface area contributed by atoms with Gasteiger partial charge in [-0.05, 0) is 37.8 Å². The third-order valence-electron chi connectivity index (χ3n) is 6.88. The van der Waals surface area contributed by atoms with Crippen molar-refractivity contribution in [2.24, 2.45) is 0 Å². The van der Waals surface area contributed by atoms with Crippen molar-refractivity contribution in [3.8, 4) is 0 Å². The maximum absolute atomic E-state index is 12.8. The van der Waals surface area contributed by atoms with Crippen LogP contribution < -0.4 is 4.90 Å². The Balaban J connectivity index is 1.28. The summed E-state index contributed by atoms with van der Waals surface area (Å²) in [5, 5.41) is 10.9. The predicted octanol–water partition coefficient (Wildman–Crippen LogP) is 2.22. The van der Waals surface area contributed by atoms with Gasteiger partial charge < -0.3 is 19.9 Å². The van der Waals surface area contributed by atoms with E-state index in [0.717, 1.165) is 61.8 Å². The largest absolute Gasteiger partial charge is 0.391 e. The molecule has 5 rings (SSSR count). The molecule has 2 aromatic rings. The van der Waals surface area contributed by atoms with Crippen LogP contribution in [0.15, 0.2) is 18.3 Å². The molecule has 4 heterocycles. The normalized spacial score (nSPS) is 24.5. The Morgan fingerprint density at radius 2 is 1.83 bits per heavy atom. The molecular weight excluding hydrogens is 366 g/mol. The molecule has 1 saturated carbocycles. The van der Waals surface area contributed by atoms with Crippen molar-refractivity contribution >= 4 is 22.6 Å². The monoisotopic (exact) mass is 397 g/mol. The Bertz CT molecular complexity index is 867. The number of hydrogen-bond donors (Lipinski definition) is 2. The van der Waals surface area contributed by atoms with Crippen molar-refractivity contribution in [3.63, 3.8) is 0 Å². The van der Waals surface area contributed by atoms with Gasteiger partial charge in [-0.15, -0.1) is 0 Å². The molecule has 1 amide bonds. The molecule has 0 bridgehead atoms. The van der Waals surface area contributed by atoms with E-state index in [9.17, 15) is 9.90 Å². The molecule has 3 fully saturated rings.